The third kappa shape index (κ3) is 4.41. The highest BCUT2D eigenvalue weighted by Crippen LogP contribution is 2.24. The van der Waals surface area contributed by atoms with Gasteiger partial charge < -0.3 is 14.7 Å². The normalized spacial score (nSPS) is 11.0. The van der Waals surface area contributed by atoms with Gasteiger partial charge in [-0.1, -0.05) is 42.1 Å². The van der Waals surface area contributed by atoms with Gasteiger partial charge in [-0.15, -0.1) is 10.2 Å². The molecule has 0 saturated carbocycles. The molecule has 0 fully saturated rings. The summed E-state index contributed by atoms with van der Waals surface area (Å²) in [5.41, 5.74) is 1.32. The summed E-state index contributed by atoms with van der Waals surface area (Å²) in [6.45, 7) is 0.160. The molecule has 5 aromatic rings. The summed E-state index contributed by atoms with van der Waals surface area (Å²) < 4.78 is 7.00. The Labute approximate surface area is 191 Å². The van der Waals surface area contributed by atoms with Gasteiger partial charge in [-0.05, 0) is 36.4 Å². The Kier molecular flexibility index (Phi) is 5.73. The molecular formula is C23H18N6O3S. The lowest BCUT2D eigenvalue weighted by molar-refractivity contribution is 0.0922. The Bertz CT molecular complexity index is 1460. The number of para-hydroxylation sites is 2. The summed E-state index contributed by atoms with van der Waals surface area (Å²) in [6, 6.07) is 20.1. The Morgan fingerprint density at radius 3 is 2.67 bits per heavy atom. The van der Waals surface area contributed by atoms with Gasteiger partial charge in [0.2, 0.25) is 0 Å². The van der Waals surface area contributed by atoms with Crippen molar-refractivity contribution in [3.63, 3.8) is 0 Å². The monoisotopic (exact) mass is 458 g/mol. The van der Waals surface area contributed by atoms with E-state index in [4.69, 9.17) is 4.42 Å². The predicted octanol–water partition coefficient (Wildman–Crippen LogP) is 3.32. The van der Waals surface area contributed by atoms with Crippen molar-refractivity contribution in [3.05, 3.63) is 101 Å². The molecule has 9 nitrogen and oxygen atoms in total. The molecule has 0 bridgehead atoms. The number of aromatic nitrogens is 5. The standard InChI is InChI=1S/C23H18N6O3S/c30-21-16-9-4-5-10-17(16)25-19(26-21)14-33-23-28-27-20(29(23)15-7-2-1-3-8-15)13-24-22(31)18-11-6-12-32-18/h1-12H,13-14H2,(H,24,31)(H,25,26,30). The third-order valence-corrected chi connectivity index (χ3v) is 5.81. The maximum Gasteiger partial charge on any atom is 0.287 e. The number of nitrogens with zero attached hydrogens (tertiary/aromatic N) is 4. The van der Waals surface area contributed by atoms with Gasteiger partial charge in [0, 0.05) is 5.69 Å². The van der Waals surface area contributed by atoms with E-state index in [1.54, 1.807) is 18.2 Å². The fourth-order valence-electron chi connectivity index (χ4n) is 3.34. The van der Waals surface area contributed by atoms with Crippen LogP contribution < -0.4 is 10.9 Å². The molecule has 0 aliphatic carbocycles. The highest BCUT2D eigenvalue weighted by molar-refractivity contribution is 7.98. The molecule has 0 radical (unpaired) electrons. The lowest BCUT2D eigenvalue weighted by Gasteiger charge is -2.10. The first-order chi connectivity index (χ1) is 16.2. The van der Waals surface area contributed by atoms with Crippen LogP contribution in [0, 0.1) is 0 Å². The van der Waals surface area contributed by atoms with Crippen molar-refractivity contribution in [1.29, 1.82) is 0 Å². The second kappa shape index (κ2) is 9.13. The zero-order chi connectivity index (χ0) is 22.6. The number of thioether (sulfide) groups is 1. The molecule has 0 aliphatic rings. The van der Waals surface area contributed by atoms with Gasteiger partial charge in [0.25, 0.3) is 11.5 Å². The van der Waals surface area contributed by atoms with E-state index in [2.05, 4.69) is 25.5 Å². The molecule has 2 aromatic carbocycles. The summed E-state index contributed by atoms with van der Waals surface area (Å²) in [4.78, 5) is 32.0. The van der Waals surface area contributed by atoms with Gasteiger partial charge in [0.1, 0.15) is 5.82 Å². The minimum absolute atomic E-state index is 0.160. The minimum Gasteiger partial charge on any atom is -0.459 e. The summed E-state index contributed by atoms with van der Waals surface area (Å²) >= 11 is 1.39. The summed E-state index contributed by atoms with van der Waals surface area (Å²) in [5, 5.41) is 12.6. The van der Waals surface area contributed by atoms with Crippen LogP contribution in [-0.4, -0.2) is 30.6 Å². The molecule has 10 heteroatoms. The number of carbonyl (C=O) groups is 1. The molecule has 2 N–H and O–H groups in total. The molecule has 5 rings (SSSR count). The van der Waals surface area contributed by atoms with Gasteiger partial charge in [0.15, 0.2) is 16.7 Å². The summed E-state index contributed by atoms with van der Waals surface area (Å²) in [5.74, 6) is 1.38. The molecule has 0 saturated heterocycles. The van der Waals surface area contributed by atoms with Crippen molar-refractivity contribution in [1.82, 2.24) is 30.0 Å². The van der Waals surface area contributed by atoms with Crippen molar-refractivity contribution in [2.24, 2.45) is 0 Å². The van der Waals surface area contributed by atoms with Crippen LogP contribution in [0.1, 0.15) is 22.2 Å². The smallest absolute Gasteiger partial charge is 0.287 e. The first-order valence-corrected chi connectivity index (χ1v) is 11.1. The third-order valence-electron chi connectivity index (χ3n) is 4.87. The number of benzene rings is 2. The van der Waals surface area contributed by atoms with Crippen LogP contribution in [0.25, 0.3) is 16.6 Å². The second-order valence-corrected chi connectivity index (χ2v) is 7.99. The minimum atomic E-state index is -0.338. The van der Waals surface area contributed by atoms with Crippen LogP contribution in [0.5, 0.6) is 0 Å². The Hall–Kier alpha value is -4.18. The Morgan fingerprint density at radius 1 is 1.03 bits per heavy atom. The molecule has 1 amide bonds. The van der Waals surface area contributed by atoms with E-state index in [9.17, 15) is 9.59 Å². The highest BCUT2D eigenvalue weighted by Gasteiger charge is 2.17. The molecule has 3 aromatic heterocycles. The van der Waals surface area contributed by atoms with E-state index in [1.807, 2.05) is 53.1 Å². The number of carbonyl (C=O) groups excluding carboxylic acids is 1. The van der Waals surface area contributed by atoms with Crippen molar-refractivity contribution in [2.45, 2.75) is 17.5 Å². The number of fused-ring (bicyclic) bond motifs is 1. The summed E-state index contributed by atoms with van der Waals surface area (Å²) in [7, 11) is 0. The number of hydrogen-bond donors (Lipinski definition) is 2. The lowest BCUT2D eigenvalue weighted by Crippen LogP contribution is -2.24. The van der Waals surface area contributed by atoms with E-state index >= 15 is 0 Å². The number of amides is 1. The zero-order valence-electron chi connectivity index (χ0n) is 17.3. The first kappa shape index (κ1) is 20.7. The number of hydrogen-bond acceptors (Lipinski definition) is 7. The van der Waals surface area contributed by atoms with Crippen LogP contribution in [0.15, 0.2) is 87.4 Å². The number of furan rings is 1. The van der Waals surface area contributed by atoms with E-state index in [-0.39, 0.29) is 23.8 Å². The van der Waals surface area contributed by atoms with Crippen LogP contribution in [0.3, 0.4) is 0 Å². The average Bonchev–Trinajstić information content (AvgIpc) is 3.52. The van der Waals surface area contributed by atoms with Crippen molar-refractivity contribution in [2.75, 3.05) is 0 Å². The predicted molar refractivity (Wildman–Crippen MR) is 123 cm³/mol. The summed E-state index contributed by atoms with van der Waals surface area (Å²) in [6.07, 6.45) is 1.45. The van der Waals surface area contributed by atoms with Gasteiger partial charge in [-0.3, -0.25) is 14.2 Å². The van der Waals surface area contributed by atoms with E-state index < -0.39 is 0 Å². The van der Waals surface area contributed by atoms with Gasteiger partial charge >= 0.3 is 0 Å². The van der Waals surface area contributed by atoms with E-state index in [0.29, 0.717) is 33.5 Å². The lowest BCUT2D eigenvalue weighted by atomic mass is 10.2. The topological polar surface area (TPSA) is 119 Å². The second-order valence-electron chi connectivity index (χ2n) is 7.05. The van der Waals surface area contributed by atoms with Crippen molar-refractivity contribution >= 4 is 28.6 Å². The number of aromatic amines is 1. The number of H-pyrrole nitrogens is 1. The fraction of sp³-hybridized carbons (Fsp3) is 0.0870. The molecule has 0 aliphatic heterocycles. The van der Waals surface area contributed by atoms with Gasteiger partial charge in [-0.2, -0.15) is 0 Å². The van der Waals surface area contributed by atoms with Crippen molar-refractivity contribution < 1.29 is 9.21 Å². The van der Waals surface area contributed by atoms with Gasteiger partial charge in [-0.25, -0.2) is 4.98 Å². The SMILES string of the molecule is O=C(NCc1nnc(SCc2nc3ccccc3c(=O)[nH]2)n1-c1ccccc1)c1ccco1. The van der Waals surface area contributed by atoms with Crippen LogP contribution >= 0.6 is 11.8 Å². The Morgan fingerprint density at radius 2 is 1.85 bits per heavy atom. The van der Waals surface area contributed by atoms with Crippen LogP contribution in [-0.2, 0) is 12.3 Å². The number of nitrogens with one attached hydrogen (secondary N) is 2. The maximum atomic E-state index is 12.4. The first-order valence-electron chi connectivity index (χ1n) is 10.1. The largest absolute Gasteiger partial charge is 0.459 e. The maximum absolute atomic E-state index is 12.4. The fourth-order valence-corrected chi connectivity index (χ4v) is 4.18. The zero-order valence-corrected chi connectivity index (χ0v) is 18.1. The van der Waals surface area contributed by atoms with Gasteiger partial charge in [0.05, 0.1) is 29.5 Å². The molecule has 164 valence electrons. The van der Waals surface area contributed by atoms with Crippen molar-refractivity contribution in [3.8, 4) is 5.69 Å². The highest BCUT2D eigenvalue weighted by atomic mass is 32.2. The van der Waals surface area contributed by atoms with E-state index in [1.165, 1.54) is 18.0 Å². The van der Waals surface area contributed by atoms with Crippen LogP contribution in [0.4, 0.5) is 0 Å². The number of rotatable bonds is 7. The average molecular weight is 459 g/mol. The molecule has 0 unspecified atom stereocenters. The van der Waals surface area contributed by atoms with E-state index in [0.717, 1.165) is 5.69 Å². The molecule has 0 atom stereocenters. The molecule has 3 heterocycles. The molecule has 0 spiro atoms. The van der Waals surface area contributed by atoms with Crippen LogP contribution in [0.2, 0.25) is 0 Å². The molecular weight excluding hydrogens is 440 g/mol. The Balaban J connectivity index is 1.40. The quantitative estimate of drug-likeness (QED) is 0.359. The molecule has 33 heavy (non-hydrogen) atoms.